The zero-order valence-corrected chi connectivity index (χ0v) is 15.4. The number of ether oxygens (including phenoxy) is 3. The number of rotatable bonds is 9. The predicted octanol–water partition coefficient (Wildman–Crippen LogP) is 3.41. The van der Waals surface area contributed by atoms with E-state index < -0.39 is 11.6 Å². The second kappa shape index (κ2) is 8.34. The Bertz CT molecular complexity index is 626. The Kier molecular flexibility index (Phi) is 6.42. The molecule has 0 bridgehead atoms. The van der Waals surface area contributed by atoms with Crippen LogP contribution in [0.2, 0.25) is 0 Å². The zero-order chi connectivity index (χ0) is 18.4. The van der Waals surface area contributed by atoms with Gasteiger partial charge < -0.3 is 19.5 Å². The minimum absolute atomic E-state index is 0.191. The van der Waals surface area contributed by atoms with Gasteiger partial charge in [0.15, 0.2) is 0 Å². The average Bonchev–Trinajstić information content (AvgIpc) is 3.45. The maximum Gasteiger partial charge on any atom is 0.341 e. The maximum absolute atomic E-state index is 12.8. The second-order valence-electron chi connectivity index (χ2n) is 6.32. The van der Waals surface area contributed by atoms with Crippen LogP contribution in [0, 0.1) is 5.92 Å². The van der Waals surface area contributed by atoms with Crippen LogP contribution in [-0.4, -0.2) is 37.8 Å². The Morgan fingerprint density at radius 1 is 1.28 bits per heavy atom. The summed E-state index contributed by atoms with van der Waals surface area (Å²) in [4.78, 5) is 24.8. The van der Waals surface area contributed by atoms with Crippen molar-refractivity contribution in [2.45, 2.75) is 45.6 Å². The van der Waals surface area contributed by atoms with E-state index in [-0.39, 0.29) is 17.4 Å². The van der Waals surface area contributed by atoms with Gasteiger partial charge in [0, 0.05) is 12.3 Å². The monoisotopic (exact) mass is 349 g/mol. The van der Waals surface area contributed by atoms with E-state index in [4.69, 9.17) is 14.2 Å². The highest BCUT2D eigenvalue weighted by Crippen LogP contribution is 2.42. The van der Waals surface area contributed by atoms with Gasteiger partial charge in [-0.3, -0.25) is 4.79 Å². The normalized spacial score (nSPS) is 16.0. The first-order chi connectivity index (χ1) is 12.0. The average molecular weight is 349 g/mol. The highest BCUT2D eigenvalue weighted by molar-refractivity contribution is 5.99. The molecule has 138 valence electrons. The van der Waals surface area contributed by atoms with Crippen molar-refractivity contribution in [3.8, 4) is 5.75 Å². The van der Waals surface area contributed by atoms with Crippen molar-refractivity contribution in [3.05, 3.63) is 23.8 Å². The second-order valence-corrected chi connectivity index (χ2v) is 6.32. The van der Waals surface area contributed by atoms with E-state index in [0.717, 1.165) is 19.3 Å². The maximum atomic E-state index is 12.8. The fourth-order valence-corrected chi connectivity index (χ4v) is 2.73. The van der Waals surface area contributed by atoms with Crippen molar-refractivity contribution >= 4 is 17.6 Å². The quantitative estimate of drug-likeness (QED) is 0.692. The molecule has 1 atom stereocenters. The van der Waals surface area contributed by atoms with E-state index in [0.29, 0.717) is 24.7 Å². The van der Waals surface area contributed by atoms with Crippen molar-refractivity contribution in [2.75, 3.05) is 25.6 Å². The smallest absolute Gasteiger partial charge is 0.341 e. The number of benzene rings is 1. The molecule has 1 aromatic carbocycles. The van der Waals surface area contributed by atoms with Gasteiger partial charge in [-0.2, -0.15) is 0 Å². The first-order valence-corrected chi connectivity index (χ1v) is 8.76. The van der Waals surface area contributed by atoms with E-state index in [1.807, 2.05) is 20.8 Å². The third-order valence-corrected chi connectivity index (χ3v) is 4.36. The molecule has 6 nitrogen and oxygen atoms in total. The van der Waals surface area contributed by atoms with Crippen LogP contribution in [0.25, 0.3) is 0 Å². The Balaban J connectivity index is 2.20. The molecule has 0 spiro atoms. The van der Waals surface area contributed by atoms with Gasteiger partial charge in [-0.1, -0.05) is 6.92 Å². The molecule has 25 heavy (non-hydrogen) atoms. The molecule has 1 amide bonds. The molecule has 1 N–H and O–H groups in total. The van der Waals surface area contributed by atoms with Crippen LogP contribution >= 0.6 is 0 Å². The van der Waals surface area contributed by atoms with Crippen LogP contribution < -0.4 is 10.1 Å². The molecule has 1 aliphatic carbocycles. The van der Waals surface area contributed by atoms with Gasteiger partial charge in [-0.05, 0) is 57.2 Å². The topological polar surface area (TPSA) is 73.9 Å². The minimum atomic E-state index is -0.847. The third kappa shape index (κ3) is 4.51. The lowest BCUT2D eigenvalue weighted by atomic mass is 9.98. The Morgan fingerprint density at radius 2 is 2.00 bits per heavy atom. The minimum Gasteiger partial charge on any atom is -0.493 e. The molecule has 0 unspecified atom stereocenters. The van der Waals surface area contributed by atoms with Crippen molar-refractivity contribution in [1.29, 1.82) is 0 Å². The number of nitrogens with one attached hydrogen (secondary N) is 1. The third-order valence-electron chi connectivity index (χ3n) is 4.36. The van der Waals surface area contributed by atoms with Crippen molar-refractivity contribution in [1.82, 2.24) is 0 Å². The van der Waals surface area contributed by atoms with E-state index in [9.17, 15) is 9.59 Å². The van der Waals surface area contributed by atoms with Crippen LogP contribution in [0.1, 0.15) is 50.4 Å². The number of hydrogen-bond donors (Lipinski definition) is 1. The fraction of sp³-hybridized carbons (Fsp3) is 0.579. The number of methoxy groups -OCH3 is 1. The number of esters is 1. The number of carbonyl (C=O) groups is 2. The van der Waals surface area contributed by atoms with Gasteiger partial charge in [0.25, 0.3) is 5.91 Å². The molecule has 1 aromatic rings. The lowest BCUT2D eigenvalue weighted by molar-refractivity contribution is -0.142. The number of amides is 1. The summed E-state index contributed by atoms with van der Waals surface area (Å²) in [6.07, 6.45) is 2.83. The van der Waals surface area contributed by atoms with Gasteiger partial charge in [0.1, 0.15) is 16.9 Å². The van der Waals surface area contributed by atoms with Crippen molar-refractivity contribution < 1.29 is 23.8 Å². The molecule has 6 heteroatoms. The number of hydrogen-bond acceptors (Lipinski definition) is 5. The SMILES string of the molecule is CCCO[C@@](C)(C(=O)Nc1ccc(OCC)c(C(=O)OC)c1)C1CC1. The van der Waals surface area contributed by atoms with Gasteiger partial charge in [-0.25, -0.2) is 4.79 Å². The van der Waals surface area contributed by atoms with Crippen LogP contribution in [0.4, 0.5) is 5.69 Å². The van der Waals surface area contributed by atoms with E-state index in [1.165, 1.54) is 7.11 Å². The van der Waals surface area contributed by atoms with E-state index in [1.54, 1.807) is 18.2 Å². The highest BCUT2D eigenvalue weighted by Gasteiger charge is 2.48. The number of anilines is 1. The Labute approximate surface area is 148 Å². The summed E-state index contributed by atoms with van der Waals surface area (Å²) in [7, 11) is 1.31. The summed E-state index contributed by atoms with van der Waals surface area (Å²) in [5.74, 6) is -0.0310. The summed E-state index contributed by atoms with van der Waals surface area (Å²) >= 11 is 0. The molecule has 0 radical (unpaired) electrons. The summed E-state index contributed by atoms with van der Waals surface area (Å²) in [6, 6.07) is 4.94. The lowest BCUT2D eigenvalue weighted by Crippen LogP contribution is -2.45. The first kappa shape index (κ1) is 19.2. The molecule has 0 saturated heterocycles. The molecular formula is C19H27NO5. The molecule has 1 aliphatic rings. The van der Waals surface area contributed by atoms with Crippen LogP contribution in [0.3, 0.4) is 0 Å². The van der Waals surface area contributed by atoms with Gasteiger partial charge >= 0.3 is 5.97 Å². The van der Waals surface area contributed by atoms with Crippen molar-refractivity contribution in [3.63, 3.8) is 0 Å². The summed E-state index contributed by atoms with van der Waals surface area (Å²) < 4.78 is 16.1. The molecule has 1 fully saturated rings. The standard InChI is InChI=1S/C19H27NO5/c1-5-11-25-19(3,13-7-8-13)18(22)20-14-9-10-16(24-6-2)15(12-14)17(21)23-4/h9-10,12-13H,5-8,11H2,1-4H3,(H,20,22)/t19-/m1/s1. The van der Waals surface area contributed by atoms with Gasteiger partial charge in [0.2, 0.25) is 0 Å². The molecule has 1 saturated carbocycles. The van der Waals surface area contributed by atoms with Crippen LogP contribution in [-0.2, 0) is 14.3 Å². The molecule has 0 heterocycles. The fourth-order valence-electron chi connectivity index (χ4n) is 2.73. The first-order valence-electron chi connectivity index (χ1n) is 8.76. The molecular weight excluding hydrogens is 322 g/mol. The van der Waals surface area contributed by atoms with E-state index >= 15 is 0 Å². The Morgan fingerprint density at radius 3 is 2.56 bits per heavy atom. The Hall–Kier alpha value is -2.08. The van der Waals surface area contributed by atoms with Crippen LogP contribution in [0.5, 0.6) is 5.75 Å². The summed E-state index contributed by atoms with van der Waals surface area (Å²) in [6.45, 7) is 6.66. The highest BCUT2D eigenvalue weighted by atomic mass is 16.5. The van der Waals surface area contributed by atoms with Crippen molar-refractivity contribution in [2.24, 2.45) is 5.92 Å². The van der Waals surface area contributed by atoms with Crippen LogP contribution in [0.15, 0.2) is 18.2 Å². The zero-order valence-electron chi connectivity index (χ0n) is 15.4. The van der Waals surface area contributed by atoms with Gasteiger partial charge in [-0.15, -0.1) is 0 Å². The molecule has 0 aromatic heterocycles. The van der Waals surface area contributed by atoms with E-state index in [2.05, 4.69) is 5.32 Å². The lowest BCUT2D eigenvalue weighted by Gasteiger charge is -2.28. The summed E-state index contributed by atoms with van der Waals surface area (Å²) in [5.41, 5.74) is -0.0504. The van der Waals surface area contributed by atoms with Gasteiger partial charge in [0.05, 0.1) is 13.7 Å². The largest absolute Gasteiger partial charge is 0.493 e. The molecule has 2 rings (SSSR count). The molecule has 0 aliphatic heterocycles. The summed E-state index contributed by atoms with van der Waals surface area (Å²) in [5, 5.41) is 2.87. The number of carbonyl (C=O) groups excluding carboxylic acids is 2. The predicted molar refractivity (Wildman–Crippen MR) is 95.0 cm³/mol.